The first-order valence-corrected chi connectivity index (χ1v) is 5.48. The Morgan fingerprint density at radius 3 is 2.60 bits per heavy atom. The molecule has 0 saturated heterocycles. The van der Waals surface area contributed by atoms with Gasteiger partial charge in [0.1, 0.15) is 11.7 Å². The Bertz CT molecular complexity index is 469. The molecule has 2 heterocycles. The number of rotatable bonds is 2. The van der Waals surface area contributed by atoms with Crippen LogP contribution >= 0.6 is 0 Å². The SMILES string of the molecule is CC(C)n1ncc2c1ccc[n+]2C(C)C. The fraction of sp³-hybridized carbons (Fsp3) is 0.500. The summed E-state index contributed by atoms with van der Waals surface area (Å²) in [5, 5.41) is 4.43. The first kappa shape index (κ1) is 10.1. The van der Waals surface area contributed by atoms with Crippen LogP contribution in [0.3, 0.4) is 0 Å². The second-order valence-electron chi connectivity index (χ2n) is 4.46. The van der Waals surface area contributed by atoms with E-state index in [-0.39, 0.29) is 0 Å². The summed E-state index contributed by atoms with van der Waals surface area (Å²) in [6.07, 6.45) is 4.06. The van der Waals surface area contributed by atoms with Gasteiger partial charge in [0.2, 0.25) is 0 Å². The second-order valence-corrected chi connectivity index (χ2v) is 4.46. The highest BCUT2D eigenvalue weighted by atomic mass is 15.3. The highest BCUT2D eigenvalue weighted by Crippen LogP contribution is 2.14. The number of nitrogens with zero attached hydrogens (tertiary/aromatic N) is 3. The van der Waals surface area contributed by atoms with Gasteiger partial charge in [-0.3, -0.25) is 4.68 Å². The van der Waals surface area contributed by atoms with Crippen molar-refractivity contribution in [1.82, 2.24) is 9.78 Å². The lowest BCUT2D eigenvalue weighted by Gasteiger charge is -2.06. The molecule has 0 amide bonds. The van der Waals surface area contributed by atoms with Crippen molar-refractivity contribution in [2.75, 3.05) is 0 Å². The minimum Gasteiger partial charge on any atom is -0.256 e. The number of hydrogen-bond acceptors (Lipinski definition) is 1. The van der Waals surface area contributed by atoms with Gasteiger partial charge in [0.25, 0.3) is 5.52 Å². The van der Waals surface area contributed by atoms with Crippen molar-refractivity contribution in [3.8, 4) is 0 Å². The van der Waals surface area contributed by atoms with Crippen molar-refractivity contribution in [3.05, 3.63) is 24.5 Å². The molecule has 0 bridgehead atoms. The van der Waals surface area contributed by atoms with Crippen LogP contribution in [-0.4, -0.2) is 9.78 Å². The van der Waals surface area contributed by atoms with Gasteiger partial charge < -0.3 is 0 Å². The Hall–Kier alpha value is -1.38. The standard InChI is InChI=1S/C12H18N3/c1-9(2)14-7-5-6-11-12(14)8-13-15(11)10(3)4/h5-10H,1-4H3/q+1. The molecule has 3 nitrogen and oxygen atoms in total. The molecule has 2 rings (SSSR count). The van der Waals surface area contributed by atoms with E-state index in [9.17, 15) is 0 Å². The molecule has 0 radical (unpaired) electrons. The van der Waals surface area contributed by atoms with Crippen LogP contribution in [0.5, 0.6) is 0 Å². The first-order chi connectivity index (χ1) is 7.11. The molecule has 80 valence electrons. The Morgan fingerprint density at radius 1 is 1.27 bits per heavy atom. The summed E-state index contributed by atoms with van der Waals surface area (Å²) in [6, 6.07) is 5.09. The molecule has 0 aliphatic heterocycles. The van der Waals surface area contributed by atoms with Gasteiger partial charge in [-0.05, 0) is 33.8 Å². The average molecular weight is 204 g/mol. The zero-order valence-electron chi connectivity index (χ0n) is 9.81. The van der Waals surface area contributed by atoms with E-state index in [0.29, 0.717) is 12.1 Å². The first-order valence-electron chi connectivity index (χ1n) is 5.48. The third kappa shape index (κ3) is 1.62. The molecule has 0 aliphatic carbocycles. The molecule has 0 unspecified atom stereocenters. The second kappa shape index (κ2) is 3.65. The van der Waals surface area contributed by atoms with Gasteiger partial charge in [-0.15, -0.1) is 0 Å². The molecule has 0 aromatic carbocycles. The van der Waals surface area contributed by atoms with E-state index in [0.717, 1.165) is 0 Å². The molecular weight excluding hydrogens is 186 g/mol. The van der Waals surface area contributed by atoms with Crippen molar-refractivity contribution >= 4 is 11.0 Å². The zero-order valence-corrected chi connectivity index (χ0v) is 9.81. The Balaban J connectivity index is 2.69. The van der Waals surface area contributed by atoms with Crippen molar-refractivity contribution in [2.24, 2.45) is 0 Å². The summed E-state index contributed by atoms with van der Waals surface area (Å²) >= 11 is 0. The van der Waals surface area contributed by atoms with Gasteiger partial charge >= 0.3 is 0 Å². The van der Waals surface area contributed by atoms with Gasteiger partial charge in [-0.1, -0.05) is 0 Å². The number of hydrogen-bond donors (Lipinski definition) is 0. The molecule has 15 heavy (non-hydrogen) atoms. The summed E-state index contributed by atoms with van der Waals surface area (Å²) in [5.41, 5.74) is 2.42. The minimum absolute atomic E-state index is 0.408. The molecule has 2 aromatic heterocycles. The summed E-state index contributed by atoms with van der Waals surface area (Å²) in [4.78, 5) is 0. The smallest absolute Gasteiger partial charge is 0.251 e. The van der Waals surface area contributed by atoms with E-state index in [4.69, 9.17) is 0 Å². The minimum atomic E-state index is 0.408. The Kier molecular flexibility index (Phi) is 2.47. The van der Waals surface area contributed by atoms with E-state index < -0.39 is 0 Å². The van der Waals surface area contributed by atoms with Crippen molar-refractivity contribution in [3.63, 3.8) is 0 Å². The molecular formula is C12H18N3+. The fourth-order valence-corrected chi connectivity index (χ4v) is 1.89. The van der Waals surface area contributed by atoms with Crippen molar-refractivity contribution in [2.45, 2.75) is 39.8 Å². The summed E-state index contributed by atoms with van der Waals surface area (Å²) in [6.45, 7) is 8.68. The summed E-state index contributed by atoms with van der Waals surface area (Å²) in [5.74, 6) is 0. The van der Waals surface area contributed by atoms with Crippen molar-refractivity contribution < 1.29 is 4.57 Å². The van der Waals surface area contributed by atoms with E-state index in [1.807, 2.05) is 6.20 Å². The van der Waals surface area contributed by atoms with E-state index in [2.05, 4.69) is 60.4 Å². The van der Waals surface area contributed by atoms with Gasteiger partial charge in [0, 0.05) is 12.1 Å². The van der Waals surface area contributed by atoms with Crippen LogP contribution in [0.4, 0.5) is 0 Å². The molecule has 0 spiro atoms. The van der Waals surface area contributed by atoms with Crippen LogP contribution in [0, 0.1) is 0 Å². The highest BCUT2D eigenvalue weighted by Gasteiger charge is 2.16. The van der Waals surface area contributed by atoms with Crippen LogP contribution in [0.15, 0.2) is 24.5 Å². The molecule has 0 fully saturated rings. The zero-order chi connectivity index (χ0) is 11.0. The largest absolute Gasteiger partial charge is 0.256 e. The van der Waals surface area contributed by atoms with Crippen LogP contribution in [0.2, 0.25) is 0 Å². The van der Waals surface area contributed by atoms with Crippen LogP contribution in [0.1, 0.15) is 39.8 Å². The number of aromatic nitrogens is 3. The highest BCUT2D eigenvalue weighted by molar-refractivity contribution is 5.70. The molecule has 0 saturated carbocycles. The van der Waals surface area contributed by atoms with Gasteiger partial charge in [0.05, 0.1) is 0 Å². The normalized spacial score (nSPS) is 11.9. The average Bonchev–Trinajstić information content (AvgIpc) is 2.59. The monoisotopic (exact) mass is 204 g/mol. The summed E-state index contributed by atoms with van der Waals surface area (Å²) in [7, 11) is 0. The fourth-order valence-electron chi connectivity index (χ4n) is 1.89. The van der Waals surface area contributed by atoms with Crippen LogP contribution in [0.25, 0.3) is 11.0 Å². The maximum Gasteiger partial charge on any atom is 0.251 e. The van der Waals surface area contributed by atoms with Crippen molar-refractivity contribution in [1.29, 1.82) is 0 Å². The molecule has 0 aliphatic rings. The molecule has 2 aromatic rings. The topological polar surface area (TPSA) is 21.7 Å². The van der Waals surface area contributed by atoms with Gasteiger partial charge in [-0.2, -0.15) is 9.67 Å². The predicted octanol–water partition coefficient (Wildman–Crippen LogP) is 2.49. The lowest BCUT2D eigenvalue weighted by molar-refractivity contribution is -0.691. The maximum absolute atomic E-state index is 4.43. The third-order valence-corrected chi connectivity index (χ3v) is 2.64. The van der Waals surface area contributed by atoms with Gasteiger partial charge in [0.15, 0.2) is 12.2 Å². The number of fused-ring (bicyclic) bond motifs is 1. The van der Waals surface area contributed by atoms with Gasteiger partial charge in [-0.25, -0.2) is 0 Å². The lowest BCUT2D eigenvalue weighted by Crippen LogP contribution is -2.36. The summed E-state index contributed by atoms with van der Waals surface area (Å²) < 4.78 is 4.31. The van der Waals surface area contributed by atoms with E-state index in [1.54, 1.807) is 0 Å². The molecule has 3 heteroatoms. The Labute approximate surface area is 90.3 Å². The van der Waals surface area contributed by atoms with E-state index in [1.165, 1.54) is 11.0 Å². The predicted molar refractivity (Wildman–Crippen MR) is 60.7 cm³/mol. The van der Waals surface area contributed by atoms with E-state index >= 15 is 0 Å². The van der Waals surface area contributed by atoms with Crippen LogP contribution in [-0.2, 0) is 0 Å². The molecule has 0 atom stereocenters. The Morgan fingerprint density at radius 2 is 2.00 bits per heavy atom. The molecule has 0 N–H and O–H groups in total. The quantitative estimate of drug-likeness (QED) is 0.689. The maximum atomic E-state index is 4.43. The third-order valence-electron chi connectivity index (χ3n) is 2.64. The van der Waals surface area contributed by atoms with Crippen LogP contribution < -0.4 is 4.57 Å². The number of pyridine rings is 1. The lowest BCUT2D eigenvalue weighted by atomic mass is 10.3.